The number of hydrogen-bond acceptors (Lipinski definition) is 5. The lowest BCUT2D eigenvalue weighted by Gasteiger charge is -2.19. The third kappa shape index (κ3) is 6.02. The standard InChI is InChI=1S/C12H12F3N3O5/c13-12(14,15)23-8-4-6(3-7(5-8)11(21)22)10(20)9(19)1-2-17-18-16/h3-5,9-10,19-20H,1-2H2,(H,21,22). The number of halogens is 3. The lowest BCUT2D eigenvalue weighted by molar-refractivity contribution is -0.274. The summed E-state index contributed by atoms with van der Waals surface area (Å²) in [5.41, 5.74) is 7.27. The molecule has 0 saturated carbocycles. The number of carbonyl (C=O) groups is 1. The molecule has 2 atom stereocenters. The van der Waals surface area contributed by atoms with Crippen molar-refractivity contribution >= 4 is 5.97 Å². The number of azide groups is 1. The molecule has 11 heteroatoms. The van der Waals surface area contributed by atoms with Gasteiger partial charge in [-0.3, -0.25) is 0 Å². The molecule has 0 aliphatic carbocycles. The summed E-state index contributed by atoms with van der Waals surface area (Å²) in [5.74, 6) is -2.37. The van der Waals surface area contributed by atoms with Gasteiger partial charge in [0.25, 0.3) is 0 Å². The van der Waals surface area contributed by atoms with Crippen LogP contribution in [0.3, 0.4) is 0 Å². The quantitative estimate of drug-likeness (QED) is 0.399. The van der Waals surface area contributed by atoms with Crippen molar-refractivity contribution in [2.75, 3.05) is 6.54 Å². The number of benzene rings is 1. The average Bonchev–Trinajstić information content (AvgIpc) is 2.44. The molecule has 0 aliphatic rings. The highest BCUT2D eigenvalue weighted by Gasteiger charge is 2.32. The Morgan fingerprint density at radius 2 is 2.00 bits per heavy atom. The van der Waals surface area contributed by atoms with Crippen molar-refractivity contribution < 1.29 is 38.0 Å². The van der Waals surface area contributed by atoms with Crippen LogP contribution in [0.15, 0.2) is 23.3 Å². The van der Waals surface area contributed by atoms with Crippen molar-refractivity contribution in [1.29, 1.82) is 0 Å². The van der Waals surface area contributed by atoms with Crippen LogP contribution >= 0.6 is 0 Å². The van der Waals surface area contributed by atoms with Crippen LogP contribution in [0.5, 0.6) is 5.75 Å². The van der Waals surface area contributed by atoms with Crippen molar-refractivity contribution in [2.24, 2.45) is 5.11 Å². The highest BCUT2D eigenvalue weighted by molar-refractivity contribution is 5.88. The molecule has 3 N–H and O–H groups in total. The van der Waals surface area contributed by atoms with E-state index in [9.17, 15) is 28.2 Å². The van der Waals surface area contributed by atoms with Crippen LogP contribution in [0.1, 0.15) is 28.4 Å². The van der Waals surface area contributed by atoms with E-state index in [4.69, 9.17) is 10.6 Å². The molecular weight excluding hydrogens is 323 g/mol. The first-order chi connectivity index (χ1) is 10.6. The third-order valence-corrected chi connectivity index (χ3v) is 2.70. The van der Waals surface area contributed by atoms with Gasteiger partial charge < -0.3 is 20.1 Å². The number of hydrogen-bond donors (Lipinski definition) is 3. The van der Waals surface area contributed by atoms with Crippen molar-refractivity contribution in [3.8, 4) is 5.75 Å². The minimum absolute atomic E-state index is 0.154. The van der Waals surface area contributed by atoms with Gasteiger partial charge in [-0.15, -0.1) is 13.2 Å². The summed E-state index contributed by atoms with van der Waals surface area (Å²) in [6.45, 7) is -0.154. The molecule has 126 valence electrons. The highest BCUT2D eigenvalue weighted by Crippen LogP contribution is 2.29. The summed E-state index contributed by atoms with van der Waals surface area (Å²) < 4.78 is 40.4. The first-order valence-electron chi connectivity index (χ1n) is 6.15. The van der Waals surface area contributed by atoms with Gasteiger partial charge in [0.15, 0.2) is 0 Å². The monoisotopic (exact) mass is 335 g/mol. The molecule has 1 aromatic rings. The molecule has 0 spiro atoms. The number of ether oxygens (including phenoxy) is 1. The van der Waals surface area contributed by atoms with Crippen molar-refractivity contribution in [3.05, 3.63) is 39.8 Å². The van der Waals surface area contributed by atoms with Crippen molar-refractivity contribution in [2.45, 2.75) is 25.0 Å². The maximum Gasteiger partial charge on any atom is 0.573 e. The van der Waals surface area contributed by atoms with Crippen LogP contribution in [-0.2, 0) is 0 Å². The summed E-state index contributed by atoms with van der Waals surface area (Å²) in [4.78, 5) is 13.4. The van der Waals surface area contributed by atoms with Crippen LogP contribution < -0.4 is 4.74 Å². The average molecular weight is 335 g/mol. The zero-order valence-electron chi connectivity index (χ0n) is 11.4. The van der Waals surface area contributed by atoms with Gasteiger partial charge in [0.1, 0.15) is 11.9 Å². The number of alkyl halides is 3. The molecule has 0 amide bonds. The van der Waals surface area contributed by atoms with Crippen LogP contribution in [0, 0.1) is 0 Å². The first kappa shape index (κ1) is 18.6. The van der Waals surface area contributed by atoms with E-state index >= 15 is 0 Å². The summed E-state index contributed by atoms with van der Waals surface area (Å²) in [5, 5.41) is 31.6. The summed E-state index contributed by atoms with van der Waals surface area (Å²) in [6.07, 6.45) is -8.36. The topological polar surface area (TPSA) is 136 Å². The van der Waals surface area contributed by atoms with E-state index in [0.29, 0.717) is 6.07 Å². The van der Waals surface area contributed by atoms with E-state index in [0.717, 1.165) is 12.1 Å². The Kier molecular flexibility index (Phi) is 6.19. The third-order valence-electron chi connectivity index (χ3n) is 2.70. The lowest BCUT2D eigenvalue weighted by atomic mass is 9.99. The highest BCUT2D eigenvalue weighted by atomic mass is 19.4. The lowest BCUT2D eigenvalue weighted by Crippen LogP contribution is -2.21. The maximum atomic E-state index is 12.2. The Balaban J connectivity index is 3.08. The SMILES string of the molecule is [N-]=[N+]=NCCC(O)C(O)c1cc(OC(F)(F)F)cc(C(=O)O)c1. The molecule has 0 aliphatic heterocycles. The molecule has 2 unspecified atom stereocenters. The number of carboxylic acid groups (broad SMARTS) is 1. The summed E-state index contributed by atoms with van der Waals surface area (Å²) in [6, 6.07) is 2.31. The Morgan fingerprint density at radius 1 is 1.35 bits per heavy atom. The molecule has 0 aromatic heterocycles. The summed E-state index contributed by atoms with van der Waals surface area (Å²) >= 11 is 0. The second-order valence-electron chi connectivity index (χ2n) is 4.40. The Labute approximate surface area is 127 Å². The van der Waals surface area contributed by atoms with Gasteiger partial charge in [-0.2, -0.15) is 0 Å². The van der Waals surface area contributed by atoms with Crippen LogP contribution in [0.4, 0.5) is 13.2 Å². The van der Waals surface area contributed by atoms with Gasteiger partial charge in [0, 0.05) is 11.5 Å². The molecular formula is C12H12F3N3O5. The van der Waals surface area contributed by atoms with Gasteiger partial charge in [0.05, 0.1) is 11.7 Å². The minimum Gasteiger partial charge on any atom is -0.478 e. The van der Waals surface area contributed by atoms with Crippen LogP contribution in [-0.4, -0.2) is 40.3 Å². The van der Waals surface area contributed by atoms with E-state index in [-0.39, 0.29) is 18.5 Å². The number of aliphatic hydroxyl groups is 2. The van der Waals surface area contributed by atoms with Gasteiger partial charge >= 0.3 is 12.3 Å². The molecule has 8 nitrogen and oxygen atoms in total. The molecule has 0 fully saturated rings. The molecule has 0 heterocycles. The van der Waals surface area contributed by atoms with E-state index in [1.807, 2.05) is 0 Å². The Bertz CT molecular complexity index is 616. The fraction of sp³-hybridized carbons (Fsp3) is 0.417. The fourth-order valence-electron chi connectivity index (χ4n) is 1.72. The normalized spacial score (nSPS) is 13.8. The van der Waals surface area contributed by atoms with Gasteiger partial charge in [-0.25, -0.2) is 4.79 Å². The molecule has 1 aromatic carbocycles. The molecule has 0 bridgehead atoms. The Hall–Kier alpha value is -2.49. The number of aromatic carboxylic acids is 1. The number of nitrogens with zero attached hydrogens (tertiary/aromatic N) is 3. The van der Waals surface area contributed by atoms with Crippen molar-refractivity contribution in [1.82, 2.24) is 0 Å². The first-order valence-corrected chi connectivity index (χ1v) is 6.15. The molecule has 0 saturated heterocycles. The van der Waals surface area contributed by atoms with Crippen molar-refractivity contribution in [3.63, 3.8) is 0 Å². The van der Waals surface area contributed by atoms with E-state index in [2.05, 4.69) is 14.8 Å². The van der Waals surface area contributed by atoms with E-state index in [1.54, 1.807) is 0 Å². The predicted octanol–water partition coefficient (Wildman–Crippen LogP) is 2.38. The number of carboxylic acids is 1. The second kappa shape index (κ2) is 7.68. The van der Waals surface area contributed by atoms with E-state index < -0.39 is 35.9 Å². The summed E-state index contributed by atoms with van der Waals surface area (Å²) in [7, 11) is 0. The van der Waals surface area contributed by atoms with Crippen LogP contribution in [0.2, 0.25) is 0 Å². The molecule has 0 radical (unpaired) electrons. The molecule has 23 heavy (non-hydrogen) atoms. The Morgan fingerprint density at radius 3 is 2.52 bits per heavy atom. The number of aliphatic hydroxyl groups excluding tert-OH is 2. The minimum atomic E-state index is -5.04. The van der Waals surface area contributed by atoms with Gasteiger partial charge in [0.2, 0.25) is 0 Å². The maximum absolute atomic E-state index is 12.2. The van der Waals surface area contributed by atoms with Gasteiger partial charge in [-0.1, -0.05) is 5.11 Å². The van der Waals surface area contributed by atoms with Gasteiger partial charge in [-0.05, 0) is 35.7 Å². The number of rotatable bonds is 7. The largest absolute Gasteiger partial charge is 0.573 e. The predicted molar refractivity (Wildman–Crippen MR) is 69.7 cm³/mol. The zero-order chi connectivity index (χ0) is 17.6. The van der Waals surface area contributed by atoms with Crippen LogP contribution in [0.25, 0.3) is 10.4 Å². The zero-order valence-corrected chi connectivity index (χ0v) is 11.4. The van der Waals surface area contributed by atoms with E-state index in [1.165, 1.54) is 0 Å². The smallest absolute Gasteiger partial charge is 0.478 e. The second-order valence-corrected chi connectivity index (χ2v) is 4.40. The molecule has 1 rings (SSSR count). The fourth-order valence-corrected chi connectivity index (χ4v) is 1.72.